The molecule has 2 aliphatic heterocycles. The summed E-state index contributed by atoms with van der Waals surface area (Å²) >= 11 is 0. The van der Waals surface area contributed by atoms with Gasteiger partial charge >= 0.3 is 0 Å². The quantitative estimate of drug-likeness (QED) is 0.683. The van der Waals surface area contributed by atoms with Gasteiger partial charge in [-0.25, -0.2) is 9.98 Å². The predicted molar refractivity (Wildman–Crippen MR) is 118 cm³/mol. The summed E-state index contributed by atoms with van der Waals surface area (Å²) in [5, 5.41) is 3.77. The molecule has 7 heteroatoms. The first-order valence-electron chi connectivity index (χ1n) is 10.7. The van der Waals surface area contributed by atoms with Crippen LogP contribution in [0.2, 0.25) is 0 Å². The molecule has 4 heterocycles. The van der Waals surface area contributed by atoms with Crippen LogP contribution in [0.25, 0.3) is 11.0 Å². The number of nitrogens with one attached hydrogen (secondary N) is 1. The summed E-state index contributed by atoms with van der Waals surface area (Å²) < 4.78 is 2.39. The van der Waals surface area contributed by atoms with E-state index in [4.69, 9.17) is 9.98 Å². The van der Waals surface area contributed by atoms with Crippen LogP contribution < -0.4 is 10.2 Å². The Labute approximate surface area is 175 Å². The maximum Gasteiger partial charge on any atom is 0.216 e. The third kappa shape index (κ3) is 2.97. The normalized spacial score (nSPS) is 23.6. The number of benzene rings is 1. The van der Waals surface area contributed by atoms with Crippen LogP contribution in [0.3, 0.4) is 0 Å². The second-order valence-electron chi connectivity index (χ2n) is 8.29. The number of pyridine rings is 1. The van der Waals surface area contributed by atoms with E-state index in [-0.39, 0.29) is 6.17 Å². The fourth-order valence-electron chi connectivity index (χ4n) is 4.82. The van der Waals surface area contributed by atoms with Gasteiger partial charge in [-0.05, 0) is 43.0 Å². The van der Waals surface area contributed by atoms with Gasteiger partial charge in [0.1, 0.15) is 6.17 Å². The van der Waals surface area contributed by atoms with E-state index in [1.165, 1.54) is 17.5 Å². The summed E-state index contributed by atoms with van der Waals surface area (Å²) in [6.45, 7) is 2.24. The van der Waals surface area contributed by atoms with E-state index < -0.39 is 0 Å². The van der Waals surface area contributed by atoms with Crippen molar-refractivity contribution in [2.75, 3.05) is 18.2 Å². The molecule has 1 N–H and O–H groups in total. The van der Waals surface area contributed by atoms with Crippen LogP contribution in [0.4, 0.5) is 5.95 Å². The van der Waals surface area contributed by atoms with Crippen LogP contribution in [0.1, 0.15) is 31.0 Å². The number of anilines is 1. The number of guanidine groups is 1. The number of aliphatic imine (C=N–C) groups is 1. The summed E-state index contributed by atoms with van der Waals surface area (Å²) in [7, 11) is 0. The molecule has 0 saturated carbocycles. The molecule has 3 aromatic rings. The molecule has 7 nitrogen and oxygen atoms in total. The van der Waals surface area contributed by atoms with Gasteiger partial charge in [-0.3, -0.25) is 19.4 Å². The van der Waals surface area contributed by atoms with Crippen molar-refractivity contribution in [3.63, 3.8) is 0 Å². The average Bonchev–Trinajstić information content (AvgIpc) is 3.20. The molecule has 2 atom stereocenters. The fourth-order valence-corrected chi connectivity index (χ4v) is 4.82. The zero-order valence-corrected chi connectivity index (χ0v) is 16.9. The first kappa shape index (κ1) is 17.7. The Bertz CT molecular complexity index is 1120. The number of nitrogens with zero attached hydrogens (tertiary/aromatic N) is 6. The lowest BCUT2D eigenvalue weighted by molar-refractivity contribution is 0.242. The van der Waals surface area contributed by atoms with E-state index in [1.807, 2.05) is 18.5 Å². The molecule has 0 unspecified atom stereocenters. The highest BCUT2D eigenvalue weighted by molar-refractivity contribution is 5.98. The van der Waals surface area contributed by atoms with Crippen molar-refractivity contribution >= 4 is 22.9 Å². The zero-order valence-electron chi connectivity index (χ0n) is 16.9. The summed E-state index contributed by atoms with van der Waals surface area (Å²) in [5.41, 5.74) is 3.42. The van der Waals surface area contributed by atoms with Crippen LogP contribution in [-0.4, -0.2) is 38.7 Å². The topological polar surface area (TPSA) is 61.6 Å². The fraction of sp³-hybridized carbons (Fsp3) is 0.348. The molecule has 0 saturated heterocycles. The highest BCUT2D eigenvalue weighted by Crippen LogP contribution is 2.37. The second kappa shape index (κ2) is 7.25. The summed E-state index contributed by atoms with van der Waals surface area (Å²) in [4.78, 5) is 18.7. The molecule has 152 valence electrons. The molecular weight excluding hydrogens is 374 g/mol. The Kier molecular flexibility index (Phi) is 4.27. The van der Waals surface area contributed by atoms with Crippen LogP contribution >= 0.6 is 0 Å². The average molecular weight is 400 g/mol. The lowest BCUT2D eigenvalue weighted by Gasteiger charge is -2.44. The van der Waals surface area contributed by atoms with E-state index in [0.717, 1.165) is 43.5 Å². The largest absolute Gasteiger partial charge is 0.335 e. The number of allylic oxidation sites excluding steroid dienone is 2. The summed E-state index contributed by atoms with van der Waals surface area (Å²) in [6.07, 6.45) is 11.9. The number of rotatable bonds is 3. The van der Waals surface area contributed by atoms with Crippen molar-refractivity contribution in [3.8, 4) is 0 Å². The Morgan fingerprint density at radius 1 is 1.10 bits per heavy atom. The van der Waals surface area contributed by atoms with Gasteiger partial charge in [0, 0.05) is 24.9 Å². The van der Waals surface area contributed by atoms with E-state index in [0.29, 0.717) is 12.6 Å². The lowest BCUT2D eigenvalue weighted by Crippen LogP contribution is -2.58. The number of aromatic nitrogens is 3. The Hall–Kier alpha value is -3.19. The number of imidazole rings is 1. The SMILES string of the molecule is C1=CC[C@@H]([C@@H]2NC3=NCN(Cc4cccnc4)CN3c3nc4ccccc4n32)CC1. The van der Waals surface area contributed by atoms with Crippen molar-refractivity contribution in [1.29, 1.82) is 0 Å². The molecule has 3 aliphatic rings. The third-order valence-corrected chi connectivity index (χ3v) is 6.28. The molecule has 0 radical (unpaired) electrons. The maximum atomic E-state index is 5.04. The molecule has 0 fully saturated rings. The first-order chi connectivity index (χ1) is 14.9. The van der Waals surface area contributed by atoms with E-state index >= 15 is 0 Å². The Balaban J connectivity index is 1.38. The summed E-state index contributed by atoms with van der Waals surface area (Å²) in [6, 6.07) is 12.5. The number of para-hydroxylation sites is 2. The van der Waals surface area contributed by atoms with Gasteiger partial charge in [-0.2, -0.15) is 0 Å². The highest BCUT2D eigenvalue weighted by Gasteiger charge is 2.38. The van der Waals surface area contributed by atoms with E-state index in [1.54, 1.807) is 0 Å². The van der Waals surface area contributed by atoms with Crippen molar-refractivity contribution < 1.29 is 0 Å². The molecule has 30 heavy (non-hydrogen) atoms. The minimum atomic E-state index is 0.178. The van der Waals surface area contributed by atoms with Gasteiger partial charge in [0.05, 0.1) is 24.4 Å². The van der Waals surface area contributed by atoms with Crippen LogP contribution in [0.15, 0.2) is 65.9 Å². The zero-order chi connectivity index (χ0) is 19.9. The van der Waals surface area contributed by atoms with Crippen molar-refractivity contribution in [3.05, 3.63) is 66.5 Å². The minimum Gasteiger partial charge on any atom is -0.335 e. The minimum absolute atomic E-state index is 0.178. The number of hydrogen-bond acceptors (Lipinski definition) is 6. The van der Waals surface area contributed by atoms with Gasteiger partial charge in [0.2, 0.25) is 11.9 Å². The van der Waals surface area contributed by atoms with Gasteiger partial charge in [0.15, 0.2) is 0 Å². The molecule has 0 amide bonds. The molecule has 1 aliphatic carbocycles. The lowest BCUT2D eigenvalue weighted by atomic mass is 9.91. The Morgan fingerprint density at radius 3 is 2.93 bits per heavy atom. The van der Waals surface area contributed by atoms with Gasteiger partial charge in [-0.15, -0.1) is 0 Å². The molecular formula is C23H25N7. The van der Waals surface area contributed by atoms with Crippen LogP contribution in [-0.2, 0) is 6.54 Å². The van der Waals surface area contributed by atoms with Crippen molar-refractivity contribution in [1.82, 2.24) is 24.8 Å². The van der Waals surface area contributed by atoms with Gasteiger partial charge < -0.3 is 5.32 Å². The van der Waals surface area contributed by atoms with E-state index in [2.05, 4.69) is 67.2 Å². The number of fused-ring (bicyclic) bond motifs is 5. The van der Waals surface area contributed by atoms with Crippen LogP contribution in [0, 0.1) is 5.92 Å². The van der Waals surface area contributed by atoms with Crippen molar-refractivity contribution in [2.24, 2.45) is 10.9 Å². The predicted octanol–water partition coefficient (Wildman–Crippen LogP) is 3.48. The Morgan fingerprint density at radius 2 is 2.07 bits per heavy atom. The van der Waals surface area contributed by atoms with Crippen molar-refractivity contribution in [2.45, 2.75) is 32.0 Å². The molecule has 2 aromatic heterocycles. The number of hydrogen-bond donors (Lipinski definition) is 1. The monoisotopic (exact) mass is 399 g/mol. The maximum absolute atomic E-state index is 5.04. The first-order valence-corrected chi connectivity index (χ1v) is 10.7. The third-order valence-electron chi connectivity index (χ3n) is 6.28. The smallest absolute Gasteiger partial charge is 0.216 e. The molecule has 0 bridgehead atoms. The summed E-state index contributed by atoms with van der Waals surface area (Å²) in [5.74, 6) is 2.47. The van der Waals surface area contributed by atoms with E-state index in [9.17, 15) is 0 Å². The van der Waals surface area contributed by atoms with Gasteiger partial charge in [0.25, 0.3) is 0 Å². The second-order valence-corrected chi connectivity index (χ2v) is 8.29. The molecule has 1 aromatic carbocycles. The molecule has 0 spiro atoms. The van der Waals surface area contributed by atoms with Crippen LogP contribution in [0.5, 0.6) is 0 Å². The standard InChI is InChI=1S/C23H25N7/c1-2-8-18(9-3-1)21-27-22-25-15-28(14-17-7-6-12-24-13-17)16-29(22)23-26-19-10-4-5-11-20(19)30(21)23/h1-2,4-7,10-13,18,21H,3,8-9,14-16H2,(H,25,27)/t18-,21-/m1/s1. The van der Waals surface area contributed by atoms with Gasteiger partial charge in [-0.1, -0.05) is 30.4 Å². The molecule has 6 rings (SSSR count). The highest BCUT2D eigenvalue weighted by atomic mass is 15.5.